The van der Waals surface area contributed by atoms with E-state index < -0.39 is 17.7 Å². The van der Waals surface area contributed by atoms with Crippen molar-refractivity contribution in [2.75, 3.05) is 18.6 Å². The second-order valence-electron chi connectivity index (χ2n) is 11.8. The monoisotopic (exact) mass is 725 g/mol. The number of benzene rings is 4. The molecule has 1 aromatic heterocycles. The molecule has 1 atom stereocenters. The molecule has 12 heteroatoms. The Hall–Kier alpha value is -5.20. The zero-order valence-electron chi connectivity index (χ0n) is 28.3. The quantitative estimate of drug-likeness (QED) is 0.0300. The summed E-state index contributed by atoms with van der Waals surface area (Å²) in [6.45, 7) is 4.94. The number of ether oxygens (including phenoxy) is 3. The average Bonchev–Trinajstić information content (AvgIpc) is 3.72. The smallest absolute Gasteiger partial charge is 0.301 e. The van der Waals surface area contributed by atoms with Gasteiger partial charge in [-0.2, -0.15) is 0 Å². The summed E-state index contributed by atoms with van der Waals surface area (Å²) < 4.78 is 32.3. The number of nitrogens with zero attached hydrogens (tertiary/aromatic N) is 3. The topological polar surface area (TPSA) is 111 Å². The van der Waals surface area contributed by atoms with Crippen LogP contribution in [0.1, 0.15) is 53.6 Å². The minimum atomic E-state index is -1.07. The summed E-state index contributed by atoms with van der Waals surface area (Å²) in [4.78, 5) is 28.9. The van der Waals surface area contributed by atoms with E-state index >= 15 is 0 Å². The van der Waals surface area contributed by atoms with Crippen molar-refractivity contribution in [3.8, 4) is 17.2 Å². The molecule has 5 aromatic rings. The van der Waals surface area contributed by atoms with Crippen LogP contribution in [0.15, 0.2) is 101 Å². The molecule has 0 aliphatic carbocycles. The molecule has 0 spiro atoms. The van der Waals surface area contributed by atoms with E-state index in [-0.39, 0.29) is 22.3 Å². The zero-order valence-corrected chi connectivity index (χ0v) is 29.9. The Labute approximate surface area is 303 Å². The number of rotatable bonds is 14. The molecule has 4 aromatic carbocycles. The highest BCUT2D eigenvalue weighted by Gasteiger charge is 2.48. The number of methoxy groups -OCH3 is 1. The number of carbonyl (C=O) groups is 2. The Balaban J connectivity index is 1.34. The number of amides is 1. The van der Waals surface area contributed by atoms with E-state index in [1.54, 1.807) is 60.7 Å². The minimum Gasteiger partial charge on any atom is -0.507 e. The number of aromatic nitrogens is 2. The van der Waals surface area contributed by atoms with Crippen LogP contribution in [0.3, 0.4) is 0 Å². The molecular weight excluding hydrogens is 690 g/mol. The van der Waals surface area contributed by atoms with Gasteiger partial charge in [-0.1, -0.05) is 85.0 Å². The molecule has 6 rings (SSSR count). The van der Waals surface area contributed by atoms with Gasteiger partial charge in [-0.25, -0.2) is 4.39 Å². The number of aryl methyl sites for hydroxylation is 1. The van der Waals surface area contributed by atoms with Crippen LogP contribution in [0.2, 0.25) is 0 Å². The van der Waals surface area contributed by atoms with Crippen LogP contribution in [0.5, 0.6) is 17.2 Å². The van der Waals surface area contributed by atoms with Crippen LogP contribution in [-0.4, -0.2) is 40.7 Å². The Kier molecular flexibility index (Phi) is 11.3. The van der Waals surface area contributed by atoms with Gasteiger partial charge in [0.25, 0.3) is 5.78 Å². The lowest BCUT2D eigenvalue weighted by molar-refractivity contribution is -0.132. The second-order valence-corrected chi connectivity index (χ2v) is 13.9. The normalized spacial score (nSPS) is 15.3. The number of hydrogen-bond acceptors (Lipinski definition) is 10. The van der Waals surface area contributed by atoms with Crippen molar-refractivity contribution in [3.63, 3.8) is 0 Å². The number of carbonyl (C=O) groups excluding carboxylic acids is 2. The van der Waals surface area contributed by atoms with Gasteiger partial charge in [0.1, 0.15) is 23.9 Å². The number of aliphatic hydroxyl groups is 1. The molecule has 1 aliphatic heterocycles. The van der Waals surface area contributed by atoms with Gasteiger partial charge in [0.05, 0.1) is 25.3 Å². The molecule has 0 radical (unpaired) electrons. The maximum absolute atomic E-state index is 14.3. The van der Waals surface area contributed by atoms with Crippen molar-refractivity contribution in [3.05, 3.63) is 130 Å². The number of halogens is 1. The maximum atomic E-state index is 14.3. The zero-order chi connectivity index (χ0) is 35.9. The fourth-order valence-electron chi connectivity index (χ4n) is 5.56. The van der Waals surface area contributed by atoms with Gasteiger partial charge in [-0.15, -0.1) is 10.2 Å². The highest BCUT2D eigenvalue weighted by atomic mass is 32.2. The van der Waals surface area contributed by atoms with Crippen LogP contribution >= 0.6 is 23.1 Å². The van der Waals surface area contributed by atoms with E-state index in [2.05, 4.69) is 17.1 Å². The first-order valence-corrected chi connectivity index (χ1v) is 18.2. The summed E-state index contributed by atoms with van der Waals surface area (Å²) in [7, 11) is 1.51. The fourth-order valence-corrected chi connectivity index (χ4v) is 7.41. The van der Waals surface area contributed by atoms with E-state index in [1.807, 2.05) is 31.2 Å². The Morgan fingerprint density at radius 1 is 0.941 bits per heavy atom. The van der Waals surface area contributed by atoms with E-state index in [4.69, 9.17) is 14.2 Å². The number of ketones is 1. The number of aliphatic hydroxyl groups excluding tert-OH is 1. The summed E-state index contributed by atoms with van der Waals surface area (Å²) in [5.74, 6) is -0.651. The number of Topliss-reactive ketones (excluding diaryl/α,β-unsaturated/α-hetero) is 1. The molecular formula is C39H36FN3O6S2. The molecule has 1 N–H and O–H groups in total. The summed E-state index contributed by atoms with van der Waals surface area (Å²) in [6, 6.07) is 25.1. The number of anilines is 1. The van der Waals surface area contributed by atoms with Crippen LogP contribution in [-0.2, 0) is 21.9 Å². The largest absolute Gasteiger partial charge is 0.507 e. The first kappa shape index (κ1) is 35.6. The van der Waals surface area contributed by atoms with Crippen molar-refractivity contribution in [2.45, 2.75) is 49.4 Å². The predicted molar refractivity (Wildman–Crippen MR) is 196 cm³/mol. The molecule has 1 fully saturated rings. The number of hydrogen-bond donors (Lipinski definition) is 1. The summed E-state index contributed by atoms with van der Waals surface area (Å²) in [5.41, 5.74) is 3.35. The third-order valence-corrected chi connectivity index (χ3v) is 10.5. The molecule has 1 unspecified atom stereocenters. The molecule has 0 saturated carbocycles. The highest BCUT2D eigenvalue weighted by Crippen LogP contribution is 2.46. The standard InChI is InChI=1S/C39H36FN3O6S2/c1-4-5-20-48-31-19-16-26(21-32(31)47-3)34-33(35(44)25-14-17-29(18-15-25)49-22-27-11-7-6-10-24(27)2)36(45)37(46)43(34)38-41-42-39(51-38)50-23-28-12-8-9-13-30(28)40/h6-19,21,34,44H,4-5,20,22-23H2,1-3H3. The summed E-state index contributed by atoms with van der Waals surface area (Å²) in [6.07, 6.45) is 1.81. The van der Waals surface area contributed by atoms with Crippen LogP contribution < -0.4 is 19.1 Å². The van der Waals surface area contributed by atoms with Crippen molar-refractivity contribution in [1.29, 1.82) is 0 Å². The molecule has 2 heterocycles. The molecule has 0 bridgehead atoms. The Morgan fingerprint density at radius 2 is 1.69 bits per heavy atom. The minimum absolute atomic E-state index is 0.119. The molecule has 51 heavy (non-hydrogen) atoms. The van der Waals surface area contributed by atoms with Crippen molar-refractivity contribution < 1.29 is 33.3 Å². The van der Waals surface area contributed by atoms with E-state index in [0.29, 0.717) is 57.2 Å². The number of thioether (sulfide) groups is 1. The predicted octanol–water partition coefficient (Wildman–Crippen LogP) is 8.67. The average molecular weight is 726 g/mol. The summed E-state index contributed by atoms with van der Waals surface area (Å²) in [5, 5.41) is 20.4. The Morgan fingerprint density at radius 3 is 2.41 bits per heavy atom. The Bertz CT molecular complexity index is 2070. The maximum Gasteiger partial charge on any atom is 0.301 e. The second kappa shape index (κ2) is 16.2. The SMILES string of the molecule is CCCCOc1ccc(C2C(=C(O)c3ccc(OCc4ccccc4C)cc3)C(=O)C(=O)N2c2nnc(SCc3ccccc3F)s2)cc1OC. The van der Waals surface area contributed by atoms with Gasteiger partial charge < -0.3 is 19.3 Å². The third-order valence-electron chi connectivity index (χ3n) is 8.40. The fraction of sp³-hybridized carbons (Fsp3) is 0.231. The van der Waals surface area contributed by atoms with Gasteiger partial charge in [-0.3, -0.25) is 14.5 Å². The van der Waals surface area contributed by atoms with E-state index in [9.17, 15) is 19.1 Å². The summed E-state index contributed by atoms with van der Waals surface area (Å²) >= 11 is 2.36. The highest BCUT2D eigenvalue weighted by molar-refractivity contribution is 8.00. The third kappa shape index (κ3) is 7.92. The van der Waals surface area contributed by atoms with E-state index in [1.165, 1.54) is 29.8 Å². The molecule has 1 saturated heterocycles. The van der Waals surface area contributed by atoms with Crippen LogP contribution in [0.25, 0.3) is 5.76 Å². The van der Waals surface area contributed by atoms with Crippen molar-refractivity contribution in [1.82, 2.24) is 10.2 Å². The van der Waals surface area contributed by atoms with Gasteiger partial charge in [-0.05, 0) is 78.1 Å². The van der Waals surface area contributed by atoms with Gasteiger partial charge in [0.15, 0.2) is 15.8 Å². The van der Waals surface area contributed by atoms with Gasteiger partial charge in [0, 0.05) is 11.3 Å². The lowest BCUT2D eigenvalue weighted by atomic mass is 9.95. The van der Waals surface area contributed by atoms with Crippen LogP contribution in [0.4, 0.5) is 9.52 Å². The lowest BCUT2D eigenvalue weighted by Crippen LogP contribution is -2.29. The molecule has 262 valence electrons. The van der Waals surface area contributed by atoms with Crippen molar-refractivity contribution >= 4 is 45.7 Å². The lowest BCUT2D eigenvalue weighted by Gasteiger charge is -2.23. The first-order chi connectivity index (χ1) is 24.8. The van der Waals surface area contributed by atoms with Crippen LogP contribution in [0, 0.1) is 12.7 Å². The first-order valence-electron chi connectivity index (χ1n) is 16.4. The number of unbranched alkanes of at least 4 members (excludes halogenated alkanes) is 1. The van der Waals surface area contributed by atoms with E-state index in [0.717, 1.165) is 35.3 Å². The molecule has 1 amide bonds. The van der Waals surface area contributed by atoms with Gasteiger partial charge >= 0.3 is 5.91 Å². The van der Waals surface area contributed by atoms with Gasteiger partial charge in [0.2, 0.25) is 5.13 Å². The molecule has 9 nitrogen and oxygen atoms in total. The van der Waals surface area contributed by atoms with Crippen molar-refractivity contribution in [2.24, 2.45) is 0 Å². The molecule has 1 aliphatic rings.